The topological polar surface area (TPSA) is 15.3 Å². The van der Waals surface area contributed by atoms with E-state index in [2.05, 4.69) is 17.1 Å². The number of piperidine rings is 1. The second-order valence-corrected chi connectivity index (χ2v) is 5.65. The quantitative estimate of drug-likeness (QED) is 0.892. The lowest BCUT2D eigenvalue weighted by molar-refractivity contribution is -0.137. The molecule has 0 unspecified atom stereocenters. The highest BCUT2D eigenvalue weighted by Crippen LogP contribution is 2.29. The zero-order chi connectivity index (χ0) is 15.3. The van der Waals surface area contributed by atoms with Gasteiger partial charge in [-0.3, -0.25) is 4.90 Å². The van der Waals surface area contributed by atoms with Crippen LogP contribution in [-0.4, -0.2) is 30.6 Å². The molecule has 0 atom stereocenters. The van der Waals surface area contributed by atoms with Crippen LogP contribution >= 0.6 is 0 Å². The van der Waals surface area contributed by atoms with E-state index < -0.39 is 11.7 Å². The maximum atomic E-state index is 12.6. The van der Waals surface area contributed by atoms with Crippen molar-refractivity contribution in [1.82, 2.24) is 10.2 Å². The molecule has 1 aromatic rings. The summed E-state index contributed by atoms with van der Waals surface area (Å²) >= 11 is 0. The van der Waals surface area contributed by atoms with E-state index in [1.165, 1.54) is 12.1 Å². The van der Waals surface area contributed by atoms with Crippen LogP contribution in [0.25, 0.3) is 0 Å². The van der Waals surface area contributed by atoms with E-state index in [4.69, 9.17) is 0 Å². The summed E-state index contributed by atoms with van der Waals surface area (Å²) in [5.74, 6) is 0. The van der Waals surface area contributed by atoms with Crippen molar-refractivity contribution in [3.8, 4) is 0 Å². The molecule has 1 fully saturated rings. The fraction of sp³-hybridized carbons (Fsp3) is 0.625. The fourth-order valence-corrected chi connectivity index (χ4v) is 2.88. The molecule has 5 heteroatoms. The monoisotopic (exact) mass is 300 g/mol. The third-order valence-electron chi connectivity index (χ3n) is 4.00. The molecule has 0 bridgehead atoms. The minimum Gasteiger partial charge on any atom is -0.317 e. The van der Waals surface area contributed by atoms with Crippen molar-refractivity contribution >= 4 is 0 Å². The van der Waals surface area contributed by atoms with Crippen LogP contribution in [-0.2, 0) is 12.7 Å². The summed E-state index contributed by atoms with van der Waals surface area (Å²) in [6.45, 7) is 5.92. The Balaban J connectivity index is 2.02. The second-order valence-electron chi connectivity index (χ2n) is 5.65. The smallest absolute Gasteiger partial charge is 0.317 e. The number of nitrogens with one attached hydrogen (secondary N) is 1. The lowest BCUT2D eigenvalue weighted by Gasteiger charge is -2.34. The molecule has 2 rings (SSSR count). The van der Waals surface area contributed by atoms with Gasteiger partial charge in [-0.15, -0.1) is 0 Å². The first kappa shape index (κ1) is 16.3. The Labute approximate surface area is 124 Å². The zero-order valence-corrected chi connectivity index (χ0v) is 12.4. The molecule has 1 N–H and O–H groups in total. The van der Waals surface area contributed by atoms with E-state index in [0.29, 0.717) is 6.04 Å². The number of alkyl halides is 3. The van der Waals surface area contributed by atoms with E-state index in [1.807, 2.05) is 0 Å². The van der Waals surface area contributed by atoms with Gasteiger partial charge in [-0.2, -0.15) is 13.2 Å². The SMILES string of the molecule is CCCN(Cc1ccc(C(F)(F)F)cc1)C1CCNCC1. The molecule has 1 aliphatic rings. The van der Waals surface area contributed by atoms with E-state index in [0.717, 1.165) is 51.0 Å². The molecule has 1 aromatic carbocycles. The maximum absolute atomic E-state index is 12.6. The first-order valence-corrected chi connectivity index (χ1v) is 7.61. The summed E-state index contributed by atoms with van der Waals surface area (Å²) in [6.07, 6.45) is -0.970. The molecule has 21 heavy (non-hydrogen) atoms. The normalized spacial score (nSPS) is 17.4. The van der Waals surface area contributed by atoms with Gasteiger partial charge in [-0.1, -0.05) is 19.1 Å². The molecular formula is C16H23F3N2. The highest BCUT2D eigenvalue weighted by atomic mass is 19.4. The molecule has 2 nitrogen and oxygen atoms in total. The molecule has 0 radical (unpaired) electrons. The summed E-state index contributed by atoms with van der Waals surface area (Å²) in [7, 11) is 0. The van der Waals surface area contributed by atoms with Gasteiger partial charge in [0.2, 0.25) is 0 Å². The van der Waals surface area contributed by atoms with Gasteiger partial charge >= 0.3 is 6.18 Å². The van der Waals surface area contributed by atoms with Gasteiger partial charge in [0, 0.05) is 12.6 Å². The molecule has 0 aliphatic carbocycles. The van der Waals surface area contributed by atoms with Crippen molar-refractivity contribution in [1.29, 1.82) is 0 Å². The number of benzene rings is 1. The van der Waals surface area contributed by atoms with Gasteiger partial charge in [0.25, 0.3) is 0 Å². The van der Waals surface area contributed by atoms with Gasteiger partial charge in [0.15, 0.2) is 0 Å². The van der Waals surface area contributed by atoms with Crippen molar-refractivity contribution in [2.24, 2.45) is 0 Å². The first-order chi connectivity index (χ1) is 10.0. The van der Waals surface area contributed by atoms with Crippen molar-refractivity contribution in [3.05, 3.63) is 35.4 Å². The van der Waals surface area contributed by atoms with Crippen LogP contribution in [0.3, 0.4) is 0 Å². The third kappa shape index (κ3) is 4.71. The summed E-state index contributed by atoms with van der Waals surface area (Å²) in [6, 6.07) is 6.11. The Hall–Kier alpha value is -1.07. The average molecular weight is 300 g/mol. The molecule has 118 valence electrons. The molecule has 0 amide bonds. The largest absolute Gasteiger partial charge is 0.416 e. The van der Waals surface area contributed by atoms with Gasteiger partial charge < -0.3 is 5.32 Å². The Kier molecular flexibility index (Phi) is 5.65. The second kappa shape index (κ2) is 7.27. The number of nitrogens with zero attached hydrogens (tertiary/aromatic N) is 1. The van der Waals surface area contributed by atoms with Crippen molar-refractivity contribution in [3.63, 3.8) is 0 Å². The summed E-state index contributed by atoms with van der Waals surface area (Å²) in [5, 5.41) is 3.35. The van der Waals surface area contributed by atoms with Crippen LogP contribution in [0, 0.1) is 0 Å². The number of rotatable bonds is 5. The Bertz CT molecular complexity index is 422. The van der Waals surface area contributed by atoms with Gasteiger partial charge in [-0.25, -0.2) is 0 Å². The van der Waals surface area contributed by atoms with Crippen molar-refractivity contribution in [2.45, 2.75) is 44.9 Å². The molecular weight excluding hydrogens is 277 g/mol. The first-order valence-electron chi connectivity index (χ1n) is 7.61. The Morgan fingerprint density at radius 3 is 2.29 bits per heavy atom. The van der Waals surface area contributed by atoms with Crippen LogP contribution in [0.1, 0.15) is 37.3 Å². The van der Waals surface area contributed by atoms with Crippen LogP contribution in [0.4, 0.5) is 13.2 Å². The van der Waals surface area contributed by atoms with Gasteiger partial charge in [0.1, 0.15) is 0 Å². The summed E-state index contributed by atoms with van der Waals surface area (Å²) in [5.41, 5.74) is 0.380. The Morgan fingerprint density at radius 1 is 1.14 bits per heavy atom. The average Bonchev–Trinajstić information content (AvgIpc) is 2.47. The Morgan fingerprint density at radius 2 is 1.76 bits per heavy atom. The molecule has 0 saturated carbocycles. The molecule has 1 saturated heterocycles. The van der Waals surface area contributed by atoms with E-state index >= 15 is 0 Å². The van der Waals surface area contributed by atoms with Crippen molar-refractivity contribution < 1.29 is 13.2 Å². The summed E-state index contributed by atoms with van der Waals surface area (Å²) < 4.78 is 37.7. The predicted molar refractivity (Wildman–Crippen MR) is 78.0 cm³/mol. The van der Waals surface area contributed by atoms with E-state index in [1.54, 1.807) is 12.1 Å². The minimum absolute atomic E-state index is 0.536. The van der Waals surface area contributed by atoms with Gasteiger partial charge in [0.05, 0.1) is 5.56 Å². The lowest BCUT2D eigenvalue weighted by Crippen LogP contribution is -2.43. The maximum Gasteiger partial charge on any atom is 0.416 e. The zero-order valence-electron chi connectivity index (χ0n) is 12.4. The highest BCUT2D eigenvalue weighted by molar-refractivity contribution is 5.24. The predicted octanol–water partition coefficient (Wildman–Crippen LogP) is 3.67. The lowest BCUT2D eigenvalue weighted by atomic mass is 10.0. The van der Waals surface area contributed by atoms with E-state index in [9.17, 15) is 13.2 Å². The number of hydrogen-bond acceptors (Lipinski definition) is 2. The van der Waals surface area contributed by atoms with Gasteiger partial charge in [-0.05, 0) is 56.6 Å². The van der Waals surface area contributed by atoms with Crippen LogP contribution < -0.4 is 5.32 Å². The molecule has 1 aliphatic heterocycles. The third-order valence-corrected chi connectivity index (χ3v) is 4.00. The molecule has 0 aromatic heterocycles. The van der Waals surface area contributed by atoms with Crippen molar-refractivity contribution in [2.75, 3.05) is 19.6 Å². The van der Waals surface area contributed by atoms with E-state index in [-0.39, 0.29) is 0 Å². The number of hydrogen-bond donors (Lipinski definition) is 1. The number of halogens is 3. The van der Waals surface area contributed by atoms with Crippen LogP contribution in [0.2, 0.25) is 0 Å². The molecule has 1 heterocycles. The summed E-state index contributed by atoms with van der Waals surface area (Å²) in [4.78, 5) is 2.41. The minimum atomic E-state index is -4.25. The van der Waals surface area contributed by atoms with Crippen LogP contribution in [0.5, 0.6) is 0 Å². The fourth-order valence-electron chi connectivity index (χ4n) is 2.88. The highest BCUT2D eigenvalue weighted by Gasteiger charge is 2.30. The molecule has 0 spiro atoms. The standard InChI is InChI=1S/C16H23F3N2/c1-2-11-21(15-7-9-20-10-8-15)12-13-3-5-14(6-4-13)16(17,18)19/h3-6,15,20H,2,7-12H2,1H3. The van der Waals surface area contributed by atoms with Crippen LogP contribution in [0.15, 0.2) is 24.3 Å².